The van der Waals surface area contributed by atoms with Crippen molar-refractivity contribution in [2.45, 2.75) is 11.8 Å². The average molecular weight is 568 g/mol. The van der Waals surface area contributed by atoms with Crippen LogP contribution in [-0.4, -0.2) is 61.4 Å². The first kappa shape index (κ1) is 26.9. The zero-order chi connectivity index (χ0) is 27.7. The van der Waals surface area contributed by atoms with Gasteiger partial charge in [0.1, 0.15) is 11.6 Å². The van der Waals surface area contributed by atoms with Gasteiger partial charge in [0.05, 0.1) is 29.0 Å². The number of hydrogen-bond donors (Lipinski definition) is 0. The van der Waals surface area contributed by atoms with Crippen LogP contribution in [0.2, 0.25) is 5.02 Å². The molecule has 3 aromatic carbocycles. The molecule has 4 aromatic rings. The molecule has 0 saturated carbocycles. The van der Waals surface area contributed by atoms with Crippen LogP contribution in [0.5, 0.6) is 5.75 Å². The van der Waals surface area contributed by atoms with E-state index in [1.807, 2.05) is 24.3 Å². The second-order valence-corrected chi connectivity index (χ2v) is 11.6. The minimum absolute atomic E-state index is 0.161. The molecule has 1 aliphatic heterocycles. The van der Waals surface area contributed by atoms with Crippen molar-refractivity contribution in [2.24, 2.45) is 0 Å². The molecule has 0 atom stereocenters. The van der Waals surface area contributed by atoms with Crippen LogP contribution < -0.4 is 4.74 Å². The third kappa shape index (κ3) is 5.17. The van der Waals surface area contributed by atoms with E-state index in [2.05, 4.69) is 0 Å². The van der Waals surface area contributed by atoms with Crippen LogP contribution in [-0.2, 0) is 10.0 Å². The number of benzene rings is 3. The number of ether oxygens (including phenoxy) is 1. The summed E-state index contributed by atoms with van der Waals surface area (Å²) < 4.78 is 49.5. The third-order valence-electron chi connectivity index (χ3n) is 6.93. The zero-order valence-electron chi connectivity index (χ0n) is 21.5. The molecule has 0 spiro atoms. The fourth-order valence-electron chi connectivity index (χ4n) is 4.80. The predicted molar refractivity (Wildman–Crippen MR) is 149 cm³/mol. The smallest absolute Gasteiger partial charge is 0.255 e. The molecule has 0 radical (unpaired) electrons. The van der Waals surface area contributed by atoms with Crippen LogP contribution in [0, 0.1) is 12.7 Å². The Bertz CT molecular complexity index is 1610. The summed E-state index contributed by atoms with van der Waals surface area (Å²) in [4.78, 5) is 15.5. The second-order valence-electron chi connectivity index (χ2n) is 9.19. The summed E-state index contributed by atoms with van der Waals surface area (Å²) in [6.45, 7) is 2.57. The first-order valence-corrected chi connectivity index (χ1v) is 14.2. The topological polar surface area (TPSA) is 71.8 Å². The number of nitrogens with zero attached hydrogens (tertiary/aromatic N) is 3. The molecule has 1 aliphatic rings. The van der Waals surface area contributed by atoms with E-state index in [1.165, 1.54) is 34.6 Å². The number of rotatable bonds is 6. The van der Waals surface area contributed by atoms with Gasteiger partial charge in [0, 0.05) is 36.9 Å². The van der Waals surface area contributed by atoms with E-state index in [9.17, 15) is 17.6 Å². The van der Waals surface area contributed by atoms with Crippen LogP contribution in [0.3, 0.4) is 0 Å². The molecule has 1 saturated heterocycles. The Balaban J connectivity index is 1.44. The van der Waals surface area contributed by atoms with E-state index in [0.717, 1.165) is 5.56 Å². The first-order chi connectivity index (χ1) is 18.7. The van der Waals surface area contributed by atoms with Gasteiger partial charge >= 0.3 is 0 Å². The lowest BCUT2D eigenvalue weighted by Crippen LogP contribution is -2.50. The van der Waals surface area contributed by atoms with Gasteiger partial charge in [-0.1, -0.05) is 23.7 Å². The Labute approximate surface area is 232 Å². The molecule has 10 heteroatoms. The highest BCUT2D eigenvalue weighted by molar-refractivity contribution is 7.89. The van der Waals surface area contributed by atoms with Gasteiger partial charge in [-0.05, 0) is 79.2 Å². The van der Waals surface area contributed by atoms with Crippen molar-refractivity contribution in [3.8, 4) is 22.7 Å². The largest absolute Gasteiger partial charge is 0.497 e. The molecule has 5 rings (SSSR count). The summed E-state index contributed by atoms with van der Waals surface area (Å²) in [6.07, 6.45) is 0. The van der Waals surface area contributed by atoms with Gasteiger partial charge in [0.25, 0.3) is 5.91 Å². The van der Waals surface area contributed by atoms with E-state index in [4.69, 9.17) is 16.3 Å². The van der Waals surface area contributed by atoms with Crippen molar-refractivity contribution in [1.29, 1.82) is 0 Å². The molecular formula is C29H27ClFN3O4S. The van der Waals surface area contributed by atoms with Gasteiger partial charge in [-0.2, -0.15) is 4.31 Å². The van der Waals surface area contributed by atoms with E-state index in [-0.39, 0.29) is 37.0 Å². The lowest BCUT2D eigenvalue weighted by molar-refractivity contribution is 0.0697. The molecule has 1 amide bonds. The van der Waals surface area contributed by atoms with Gasteiger partial charge in [-0.15, -0.1) is 0 Å². The Morgan fingerprint density at radius 2 is 1.56 bits per heavy atom. The van der Waals surface area contributed by atoms with Crippen LogP contribution in [0.4, 0.5) is 4.39 Å². The third-order valence-corrected chi connectivity index (χ3v) is 9.10. The van der Waals surface area contributed by atoms with Crippen molar-refractivity contribution in [1.82, 2.24) is 13.8 Å². The number of carbonyl (C=O) groups is 1. The molecule has 202 valence electrons. The lowest BCUT2D eigenvalue weighted by atomic mass is 10.1. The lowest BCUT2D eigenvalue weighted by Gasteiger charge is -2.34. The maximum Gasteiger partial charge on any atom is 0.255 e. The number of aromatic nitrogens is 1. The van der Waals surface area contributed by atoms with Gasteiger partial charge < -0.3 is 14.2 Å². The monoisotopic (exact) mass is 567 g/mol. The fraction of sp³-hybridized carbons (Fsp3) is 0.207. The molecule has 0 aliphatic carbocycles. The van der Waals surface area contributed by atoms with E-state index in [0.29, 0.717) is 33.4 Å². The maximum absolute atomic E-state index is 14.9. The minimum atomic E-state index is -3.71. The molecule has 0 unspecified atom stereocenters. The number of piperazine rings is 1. The summed E-state index contributed by atoms with van der Waals surface area (Å²) in [5, 5.41) is 0.455. The molecule has 2 heterocycles. The molecule has 0 bridgehead atoms. The van der Waals surface area contributed by atoms with Crippen molar-refractivity contribution < 1.29 is 22.3 Å². The normalized spacial score (nSPS) is 14.4. The molecule has 0 N–H and O–H groups in total. The summed E-state index contributed by atoms with van der Waals surface area (Å²) in [5.74, 6) is 0.0362. The van der Waals surface area contributed by atoms with Gasteiger partial charge in [0.15, 0.2) is 0 Å². The number of amides is 1. The van der Waals surface area contributed by atoms with Crippen molar-refractivity contribution in [3.63, 3.8) is 0 Å². The maximum atomic E-state index is 14.9. The molecule has 7 nitrogen and oxygen atoms in total. The van der Waals surface area contributed by atoms with Crippen molar-refractivity contribution in [3.05, 3.63) is 101 Å². The van der Waals surface area contributed by atoms with Gasteiger partial charge in [-0.25, -0.2) is 12.8 Å². The van der Waals surface area contributed by atoms with E-state index < -0.39 is 15.8 Å². The highest BCUT2D eigenvalue weighted by atomic mass is 35.5. The summed E-state index contributed by atoms with van der Waals surface area (Å²) in [6, 6.07) is 21.6. The van der Waals surface area contributed by atoms with E-state index in [1.54, 1.807) is 47.8 Å². The first-order valence-electron chi connectivity index (χ1n) is 12.4. The standard InChI is InChI=1S/C29H27ClFN3O4S/c1-20-25(29(35)32-15-17-33(18-16-32)39(36,37)24-13-9-22(30)10-14-24)19-28(21-7-11-23(38-2)12-8-21)34(20)27-6-4-3-5-26(27)31/h3-14,19H,15-18H2,1-2H3. The molecule has 1 aromatic heterocycles. The number of para-hydroxylation sites is 1. The Morgan fingerprint density at radius 1 is 0.923 bits per heavy atom. The van der Waals surface area contributed by atoms with Crippen LogP contribution in [0.1, 0.15) is 16.1 Å². The number of carbonyl (C=O) groups excluding carboxylic acids is 1. The quantitative estimate of drug-likeness (QED) is 0.313. The average Bonchev–Trinajstić information content (AvgIpc) is 3.29. The van der Waals surface area contributed by atoms with Gasteiger partial charge in [-0.3, -0.25) is 4.79 Å². The Hall–Kier alpha value is -3.66. The highest BCUT2D eigenvalue weighted by Gasteiger charge is 2.32. The van der Waals surface area contributed by atoms with Crippen LogP contribution in [0.15, 0.2) is 83.8 Å². The number of hydrogen-bond acceptors (Lipinski definition) is 4. The minimum Gasteiger partial charge on any atom is -0.497 e. The SMILES string of the molecule is COc1ccc(-c2cc(C(=O)N3CCN(S(=O)(=O)c4ccc(Cl)cc4)CC3)c(C)n2-c2ccccc2F)cc1. The number of methoxy groups -OCH3 is 1. The van der Waals surface area contributed by atoms with Gasteiger partial charge in [0.2, 0.25) is 10.0 Å². The zero-order valence-corrected chi connectivity index (χ0v) is 23.0. The molecular weight excluding hydrogens is 541 g/mol. The summed E-state index contributed by atoms with van der Waals surface area (Å²) in [5.41, 5.74) is 2.80. The van der Waals surface area contributed by atoms with Crippen LogP contribution >= 0.6 is 11.6 Å². The predicted octanol–water partition coefficient (Wildman–Crippen LogP) is 5.40. The van der Waals surface area contributed by atoms with Crippen molar-refractivity contribution >= 4 is 27.5 Å². The van der Waals surface area contributed by atoms with Crippen molar-refractivity contribution in [2.75, 3.05) is 33.3 Å². The second kappa shape index (κ2) is 10.8. The Morgan fingerprint density at radius 3 is 2.18 bits per heavy atom. The summed E-state index contributed by atoms with van der Waals surface area (Å²) in [7, 11) is -2.12. The van der Waals surface area contributed by atoms with E-state index >= 15 is 0 Å². The Kier molecular flexibility index (Phi) is 7.48. The highest BCUT2D eigenvalue weighted by Crippen LogP contribution is 2.32. The molecule has 39 heavy (non-hydrogen) atoms. The van der Waals surface area contributed by atoms with Crippen LogP contribution in [0.25, 0.3) is 16.9 Å². The number of sulfonamides is 1. The summed E-state index contributed by atoms with van der Waals surface area (Å²) >= 11 is 5.91. The number of halogens is 2. The molecule has 1 fully saturated rings. The fourth-order valence-corrected chi connectivity index (χ4v) is 6.35.